The Morgan fingerprint density at radius 2 is 1.53 bits per heavy atom. The molecular formula is C27H30F6N6O4. The van der Waals surface area contributed by atoms with Gasteiger partial charge in [0, 0.05) is 51.9 Å². The fourth-order valence-electron chi connectivity index (χ4n) is 4.96. The molecule has 2 saturated heterocycles. The molecule has 10 nitrogen and oxygen atoms in total. The van der Waals surface area contributed by atoms with Gasteiger partial charge >= 0.3 is 24.2 Å². The summed E-state index contributed by atoms with van der Waals surface area (Å²) < 4.78 is 84.0. The lowest BCUT2D eigenvalue weighted by Gasteiger charge is -2.36. The molecule has 2 aliphatic rings. The molecule has 1 N–H and O–H groups in total. The number of aromatic nitrogens is 2. The van der Waals surface area contributed by atoms with Gasteiger partial charge < -0.3 is 24.8 Å². The zero-order valence-corrected chi connectivity index (χ0v) is 23.2. The Labute approximate surface area is 243 Å². The lowest BCUT2D eigenvalue weighted by Crippen LogP contribution is -2.51. The summed E-state index contributed by atoms with van der Waals surface area (Å²) in [6, 6.07) is 6.06. The number of anilines is 2. The number of carbonyl (C=O) groups excluding carboxylic acids is 3. The van der Waals surface area contributed by atoms with Crippen molar-refractivity contribution in [3.8, 4) is 0 Å². The maximum Gasteiger partial charge on any atom is 0.451 e. The largest absolute Gasteiger partial charge is 0.462 e. The number of carbonyl (C=O) groups is 3. The van der Waals surface area contributed by atoms with Crippen molar-refractivity contribution < 1.29 is 45.5 Å². The van der Waals surface area contributed by atoms with Gasteiger partial charge in [-0.1, -0.05) is 12.1 Å². The highest BCUT2D eigenvalue weighted by Gasteiger charge is 2.38. The molecule has 2 aliphatic heterocycles. The smallest absolute Gasteiger partial charge is 0.451 e. The van der Waals surface area contributed by atoms with Crippen molar-refractivity contribution in [2.24, 2.45) is 5.92 Å². The summed E-state index contributed by atoms with van der Waals surface area (Å²) >= 11 is 0. The number of halogens is 6. The van der Waals surface area contributed by atoms with Gasteiger partial charge in [-0.2, -0.15) is 26.3 Å². The van der Waals surface area contributed by atoms with Crippen LogP contribution in [0, 0.1) is 5.92 Å². The molecule has 1 aromatic carbocycles. The average Bonchev–Trinajstić information content (AvgIpc) is 2.99. The van der Waals surface area contributed by atoms with Crippen LogP contribution in [0.4, 0.5) is 38.0 Å². The number of esters is 1. The first-order chi connectivity index (χ1) is 20.3. The quantitative estimate of drug-likeness (QED) is 0.300. The van der Waals surface area contributed by atoms with E-state index in [1.54, 1.807) is 9.80 Å². The predicted octanol–water partition coefficient (Wildman–Crippen LogP) is 2.91. The Morgan fingerprint density at radius 1 is 0.907 bits per heavy atom. The Bertz CT molecular complexity index is 1310. The number of hydrogen-bond acceptors (Lipinski definition) is 8. The van der Waals surface area contributed by atoms with E-state index in [1.165, 1.54) is 23.1 Å². The van der Waals surface area contributed by atoms with E-state index in [9.17, 15) is 40.7 Å². The molecule has 43 heavy (non-hydrogen) atoms. The molecule has 2 aromatic rings. The third-order valence-corrected chi connectivity index (χ3v) is 7.31. The second-order valence-electron chi connectivity index (χ2n) is 10.2. The number of alkyl halides is 6. The predicted molar refractivity (Wildman–Crippen MR) is 141 cm³/mol. The average molecular weight is 617 g/mol. The van der Waals surface area contributed by atoms with Crippen LogP contribution in [0.1, 0.15) is 29.8 Å². The lowest BCUT2D eigenvalue weighted by molar-refractivity contribution is -0.158. The number of ether oxygens (including phenoxy) is 1. The van der Waals surface area contributed by atoms with E-state index in [0.29, 0.717) is 31.4 Å². The van der Waals surface area contributed by atoms with E-state index in [1.807, 2.05) is 0 Å². The molecule has 2 fully saturated rings. The maximum absolute atomic E-state index is 13.8. The molecule has 0 unspecified atom stereocenters. The molecule has 234 valence electrons. The van der Waals surface area contributed by atoms with Crippen molar-refractivity contribution in [1.82, 2.24) is 20.2 Å². The van der Waals surface area contributed by atoms with Crippen LogP contribution in [0.25, 0.3) is 0 Å². The molecule has 3 heterocycles. The second kappa shape index (κ2) is 13.0. The summed E-state index contributed by atoms with van der Waals surface area (Å²) in [6.45, 7) is 1.06. The van der Waals surface area contributed by atoms with Crippen LogP contribution in [0.3, 0.4) is 0 Å². The summed E-state index contributed by atoms with van der Waals surface area (Å²) in [7, 11) is 1.08. The molecule has 0 aliphatic carbocycles. The number of rotatable bonds is 6. The van der Waals surface area contributed by atoms with E-state index in [4.69, 9.17) is 0 Å². The first-order valence-corrected chi connectivity index (χ1v) is 13.5. The van der Waals surface area contributed by atoms with Crippen LogP contribution in [0.5, 0.6) is 0 Å². The van der Waals surface area contributed by atoms with Gasteiger partial charge in [0.25, 0.3) is 0 Å². The van der Waals surface area contributed by atoms with Gasteiger partial charge in [0.1, 0.15) is 11.6 Å². The van der Waals surface area contributed by atoms with Gasteiger partial charge in [-0.15, -0.1) is 0 Å². The van der Waals surface area contributed by atoms with Crippen molar-refractivity contribution in [3.05, 3.63) is 47.3 Å². The van der Waals surface area contributed by atoms with Crippen LogP contribution >= 0.6 is 0 Å². The molecule has 0 saturated carbocycles. The zero-order valence-electron chi connectivity index (χ0n) is 23.2. The number of methoxy groups -OCH3 is 1. The van der Waals surface area contributed by atoms with Crippen LogP contribution in [0.15, 0.2) is 30.3 Å². The van der Waals surface area contributed by atoms with Crippen LogP contribution in [-0.4, -0.2) is 85.6 Å². The molecule has 0 radical (unpaired) electrons. The van der Waals surface area contributed by atoms with Crippen molar-refractivity contribution in [1.29, 1.82) is 0 Å². The summed E-state index contributed by atoms with van der Waals surface area (Å²) in [5.74, 6) is -4.04. The summed E-state index contributed by atoms with van der Waals surface area (Å²) in [4.78, 5) is 48.4. The summed E-state index contributed by atoms with van der Waals surface area (Å²) in [5, 5.41) is 2.77. The van der Waals surface area contributed by atoms with Crippen LogP contribution in [-0.2, 0) is 37.9 Å². The van der Waals surface area contributed by atoms with Gasteiger partial charge in [0.15, 0.2) is 0 Å². The number of piperidine rings is 1. The summed E-state index contributed by atoms with van der Waals surface area (Å²) in [5.41, 5.74) is -0.151. The second-order valence-corrected chi connectivity index (χ2v) is 10.2. The molecule has 16 heteroatoms. The highest BCUT2D eigenvalue weighted by molar-refractivity contribution is 6.32. The highest BCUT2D eigenvalue weighted by Crippen LogP contribution is 2.32. The fraction of sp³-hybridized carbons (Fsp3) is 0.519. The Kier molecular flexibility index (Phi) is 9.65. The van der Waals surface area contributed by atoms with Gasteiger partial charge in [-0.05, 0) is 37.0 Å². The SMILES string of the molecule is COC(=O)C(=O)N1CCN(c2cc(N3CCC[C@@H](C(=O)NCCc4ccc(C(F)(F)F)cc4)C3)nc(C(F)(F)F)n2)CC1. The molecule has 1 aromatic heterocycles. The maximum atomic E-state index is 13.8. The monoisotopic (exact) mass is 616 g/mol. The normalized spacial score (nSPS) is 17.9. The molecule has 1 atom stereocenters. The first kappa shape index (κ1) is 31.8. The van der Waals surface area contributed by atoms with Gasteiger partial charge in [-0.25, -0.2) is 14.8 Å². The third-order valence-electron chi connectivity index (χ3n) is 7.31. The Hall–Kier alpha value is -4.11. The van der Waals surface area contributed by atoms with Crippen molar-refractivity contribution >= 4 is 29.4 Å². The number of hydrogen-bond donors (Lipinski definition) is 1. The number of nitrogens with zero attached hydrogens (tertiary/aromatic N) is 5. The minimum Gasteiger partial charge on any atom is -0.462 e. The zero-order chi connectivity index (χ0) is 31.4. The first-order valence-electron chi connectivity index (χ1n) is 13.5. The minimum atomic E-state index is -4.84. The molecule has 4 rings (SSSR count). The van der Waals surface area contributed by atoms with Crippen LogP contribution < -0.4 is 15.1 Å². The standard InChI is InChI=1S/C27H30F6N6O4/c1-43-24(42)23(41)38-13-11-37(12-14-38)20-15-21(36-25(35-20)27(31,32)33)39-10-2-3-18(16-39)22(40)34-9-8-17-4-6-19(7-5-17)26(28,29)30/h4-7,15,18H,2-3,8-14,16H2,1H3,(H,34,40)/t18-/m1/s1. The summed E-state index contributed by atoms with van der Waals surface area (Å²) in [6.07, 6.45) is -7.94. The van der Waals surface area contributed by atoms with E-state index in [-0.39, 0.29) is 56.8 Å². The van der Waals surface area contributed by atoms with E-state index >= 15 is 0 Å². The molecule has 0 spiro atoms. The van der Waals surface area contributed by atoms with Gasteiger partial charge in [0.05, 0.1) is 18.6 Å². The highest BCUT2D eigenvalue weighted by atomic mass is 19.4. The number of piperazine rings is 1. The number of benzene rings is 1. The molecular weight excluding hydrogens is 586 g/mol. The van der Waals surface area contributed by atoms with Gasteiger partial charge in [-0.3, -0.25) is 9.59 Å². The van der Waals surface area contributed by atoms with Crippen molar-refractivity contribution in [2.45, 2.75) is 31.6 Å². The Balaban J connectivity index is 1.40. The Morgan fingerprint density at radius 3 is 2.12 bits per heavy atom. The van der Waals surface area contributed by atoms with Crippen molar-refractivity contribution in [2.75, 3.05) is 62.7 Å². The fourth-order valence-corrected chi connectivity index (χ4v) is 4.96. The van der Waals surface area contributed by atoms with E-state index in [0.717, 1.165) is 19.2 Å². The van der Waals surface area contributed by atoms with E-state index < -0.39 is 41.5 Å². The van der Waals surface area contributed by atoms with Gasteiger partial charge in [0.2, 0.25) is 11.7 Å². The lowest BCUT2D eigenvalue weighted by atomic mass is 9.97. The number of nitrogens with one attached hydrogen (secondary N) is 1. The molecule has 0 bridgehead atoms. The number of amides is 2. The van der Waals surface area contributed by atoms with E-state index in [2.05, 4.69) is 20.0 Å². The minimum absolute atomic E-state index is 0.00519. The molecule has 2 amide bonds. The third kappa shape index (κ3) is 8.04. The van der Waals surface area contributed by atoms with Crippen molar-refractivity contribution in [3.63, 3.8) is 0 Å². The topological polar surface area (TPSA) is 108 Å². The van der Waals surface area contributed by atoms with Crippen LogP contribution in [0.2, 0.25) is 0 Å².